The normalized spacial score (nSPS) is 10.3. The maximum Gasteiger partial charge on any atom is 0.255 e. The largest absolute Gasteiger partial charge is 0.497 e. The van der Waals surface area contributed by atoms with Crippen LogP contribution in [-0.2, 0) is 0 Å². The lowest BCUT2D eigenvalue weighted by Gasteiger charge is -2.11. The van der Waals surface area contributed by atoms with E-state index < -0.39 is 11.7 Å². The Labute approximate surface area is 134 Å². The second kappa shape index (κ2) is 6.32. The van der Waals surface area contributed by atoms with E-state index >= 15 is 0 Å². The molecule has 0 saturated carbocycles. The molecule has 0 fully saturated rings. The Hall–Kier alpha value is -1.79. The van der Waals surface area contributed by atoms with Gasteiger partial charge < -0.3 is 15.8 Å². The summed E-state index contributed by atoms with van der Waals surface area (Å²) in [6.45, 7) is 0. The summed E-state index contributed by atoms with van der Waals surface area (Å²) in [7, 11) is 1.48. The summed E-state index contributed by atoms with van der Waals surface area (Å²) in [6, 6.07) is 6.96. The third kappa shape index (κ3) is 3.65. The number of carbonyl (C=O) groups is 1. The summed E-state index contributed by atoms with van der Waals surface area (Å²) < 4.78 is 18.6. The quantitative estimate of drug-likeness (QED) is 0.797. The van der Waals surface area contributed by atoms with Crippen LogP contribution in [0.5, 0.6) is 5.75 Å². The van der Waals surface area contributed by atoms with E-state index in [9.17, 15) is 9.18 Å². The van der Waals surface area contributed by atoms with Crippen LogP contribution in [0, 0.1) is 5.82 Å². The molecule has 3 N–H and O–H groups in total. The lowest BCUT2D eigenvalue weighted by Crippen LogP contribution is -2.13. The smallest absolute Gasteiger partial charge is 0.255 e. The Morgan fingerprint density at radius 1 is 1.33 bits per heavy atom. The first kappa shape index (κ1) is 15.6. The van der Waals surface area contributed by atoms with E-state index in [4.69, 9.17) is 22.1 Å². The van der Waals surface area contributed by atoms with Gasteiger partial charge in [-0.15, -0.1) is 0 Å². The first-order valence-corrected chi connectivity index (χ1v) is 6.98. The fraction of sp³-hybridized carbons (Fsp3) is 0.0714. The van der Waals surface area contributed by atoms with Crippen molar-refractivity contribution in [2.45, 2.75) is 0 Å². The van der Waals surface area contributed by atoms with Crippen molar-refractivity contribution in [2.75, 3.05) is 18.2 Å². The molecule has 0 atom stereocenters. The van der Waals surface area contributed by atoms with Gasteiger partial charge in [-0.05, 0) is 40.2 Å². The Bertz CT molecular complexity index is 686. The number of hydrogen-bond acceptors (Lipinski definition) is 3. The van der Waals surface area contributed by atoms with Crippen molar-refractivity contribution in [3.05, 3.63) is 51.2 Å². The number of nitrogen functional groups attached to an aromatic ring is 1. The second-order valence-electron chi connectivity index (χ2n) is 4.19. The van der Waals surface area contributed by atoms with Crippen LogP contribution < -0.4 is 15.8 Å². The molecule has 1 amide bonds. The zero-order valence-electron chi connectivity index (χ0n) is 10.9. The fourth-order valence-electron chi connectivity index (χ4n) is 1.72. The molecule has 7 heteroatoms. The molecular formula is C14H11BrClFN2O2. The van der Waals surface area contributed by atoms with Gasteiger partial charge in [0.15, 0.2) is 0 Å². The summed E-state index contributed by atoms with van der Waals surface area (Å²) in [5.74, 6) is -0.477. The van der Waals surface area contributed by atoms with Crippen LogP contribution in [0.2, 0.25) is 5.02 Å². The number of carbonyl (C=O) groups excluding carboxylic acids is 1. The van der Waals surface area contributed by atoms with Gasteiger partial charge in [-0.2, -0.15) is 0 Å². The number of nitrogens with two attached hydrogens (primary N) is 1. The van der Waals surface area contributed by atoms with Crippen LogP contribution in [0.1, 0.15) is 10.4 Å². The van der Waals surface area contributed by atoms with Gasteiger partial charge in [0, 0.05) is 21.8 Å². The van der Waals surface area contributed by atoms with E-state index in [0.29, 0.717) is 21.5 Å². The van der Waals surface area contributed by atoms with Crippen LogP contribution in [0.4, 0.5) is 15.8 Å². The van der Waals surface area contributed by atoms with E-state index in [1.807, 2.05) is 0 Å². The van der Waals surface area contributed by atoms with Gasteiger partial charge in [0.1, 0.15) is 11.6 Å². The predicted molar refractivity (Wildman–Crippen MR) is 84.5 cm³/mol. The molecule has 0 aliphatic heterocycles. The van der Waals surface area contributed by atoms with Crippen molar-refractivity contribution in [3.8, 4) is 5.75 Å². The van der Waals surface area contributed by atoms with Crippen molar-refractivity contribution in [3.63, 3.8) is 0 Å². The summed E-state index contributed by atoms with van der Waals surface area (Å²) in [5, 5.41) is 2.69. The first-order valence-electron chi connectivity index (χ1n) is 5.81. The van der Waals surface area contributed by atoms with Crippen LogP contribution in [-0.4, -0.2) is 13.0 Å². The number of ether oxygens (including phenoxy) is 1. The molecule has 2 aromatic carbocycles. The molecule has 2 aromatic rings. The lowest BCUT2D eigenvalue weighted by atomic mass is 10.1. The highest BCUT2D eigenvalue weighted by molar-refractivity contribution is 9.10. The maximum absolute atomic E-state index is 13.2. The maximum atomic E-state index is 13.2. The number of nitrogens with one attached hydrogen (secondary N) is 1. The van der Waals surface area contributed by atoms with Crippen LogP contribution in [0.3, 0.4) is 0 Å². The van der Waals surface area contributed by atoms with E-state index in [0.717, 1.165) is 6.07 Å². The molecule has 0 saturated heterocycles. The zero-order chi connectivity index (χ0) is 15.6. The van der Waals surface area contributed by atoms with Crippen molar-refractivity contribution in [2.24, 2.45) is 0 Å². The Morgan fingerprint density at radius 2 is 2.05 bits per heavy atom. The standard InChI is InChI=1S/C14H11BrClFN2O2/c1-21-10-3-7(2-9(18)6-10)14(20)19-13-11(15)4-8(17)5-12(13)16/h2-6H,18H2,1H3,(H,19,20). The molecule has 0 radical (unpaired) electrons. The minimum Gasteiger partial charge on any atom is -0.497 e. The molecular weight excluding hydrogens is 363 g/mol. The molecule has 2 rings (SSSR count). The highest BCUT2D eigenvalue weighted by atomic mass is 79.9. The number of rotatable bonds is 3. The minimum absolute atomic E-state index is 0.0890. The SMILES string of the molecule is COc1cc(N)cc(C(=O)Nc2c(Cl)cc(F)cc2Br)c1. The molecule has 0 spiro atoms. The van der Waals surface area contributed by atoms with Crippen molar-refractivity contribution in [1.82, 2.24) is 0 Å². The van der Waals surface area contributed by atoms with E-state index in [-0.39, 0.29) is 10.7 Å². The van der Waals surface area contributed by atoms with Gasteiger partial charge in [0.25, 0.3) is 5.91 Å². The number of methoxy groups -OCH3 is 1. The third-order valence-electron chi connectivity index (χ3n) is 2.67. The van der Waals surface area contributed by atoms with Gasteiger partial charge in [-0.3, -0.25) is 4.79 Å². The topological polar surface area (TPSA) is 64.3 Å². The highest BCUT2D eigenvalue weighted by Crippen LogP contribution is 2.32. The summed E-state index contributed by atoms with van der Waals surface area (Å²) in [6.07, 6.45) is 0. The van der Waals surface area contributed by atoms with Crippen LogP contribution in [0.15, 0.2) is 34.8 Å². The molecule has 0 aliphatic carbocycles. The number of amides is 1. The highest BCUT2D eigenvalue weighted by Gasteiger charge is 2.14. The number of anilines is 2. The molecule has 4 nitrogen and oxygen atoms in total. The summed E-state index contributed by atoms with van der Waals surface area (Å²) >= 11 is 9.08. The summed E-state index contributed by atoms with van der Waals surface area (Å²) in [5.41, 5.74) is 6.68. The minimum atomic E-state index is -0.504. The average molecular weight is 374 g/mol. The Kier molecular flexibility index (Phi) is 4.69. The average Bonchev–Trinajstić information content (AvgIpc) is 2.41. The first-order chi connectivity index (χ1) is 9.90. The van der Waals surface area contributed by atoms with Crippen molar-refractivity contribution >= 4 is 44.8 Å². The molecule has 110 valence electrons. The predicted octanol–water partition coefficient (Wildman–Crippen LogP) is 4.08. The fourth-order valence-corrected chi connectivity index (χ4v) is 2.62. The molecule has 0 heterocycles. The molecule has 0 bridgehead atoms. The lowest BCUT2D eigenvalue weighted by molar-refractivity contribution is 0.102. The van der Waals surface area contributed by atoms with Crippen molar-refractivity contribution in [1.29, 1.82) is 0 Å². The van der Waals surface area contributed by atoms with E-state index in [2.05, 4.69) is 21.2 Å². The third-order valence-corrected chi connectivity index (χ3v) is 3.60. The molecule has 0 unspecified atom stereocenters. The van der Waals surface area contributed by atoms with Crippen LogP contribution >= 0.6 is 27.5 Å². The Balaban J connectivity index is 2.32. The number of benzene rings is 2. The van der Waals surface area contributed by atoms with E-state index in [1.165, 1.54) is 25.3 Å². The van der Waals surface area contributed by atoms with Gasteiger partial charge >= 0.3 is 0 Å². The monoisotopic (exact) mass is 372 g/mol. The van der Waals surface area contributed by atoms with Gasteiger partial charge in [-0.25, -0.2) is 4.39 Å². The zero-order valence-corrected chi connectivity index (χ0v) is 13.3. The van der Waals surface area contributed by atoms with Gasteiger partial charge in [0.2, 0.25) is 0 Å². The number of hydrogen-bond donors (Lipinski definition) is 2. The van der Waals surface area contributed by atoms with Crippen LogP contribution in [0.25, 0.3) is 0 Å². The summed E-state index contributed by atoms with van der Waals surface area (Å²) in [4.78, 5) is 12.2. The second-order valence-corrected chi connectivity index (χ2v) is 5.45. The van der Waals surface area contributed by atoms with Gasteiger partial charge in [-0.1, -0.05) is 11.6 Å². The molecule has 0 aliphatic rings. The molecule has 21 heavy (non-hydrogen) atoms. The number of halogens is 3. The van der Waals surface area contributed by atoms with E-state index in [1.54, 1.807) is 6.07 Å². The molecule has 0 aromatic heterocycles. The Morgan fingerprint density at radius 3 is 2.67 bits per heavy atom. The van der Waals surface area contributed by atoms with Gasteiger partial charge in [0.05, 0.1) is 17.8 Å². The van der Waals surface area contributed by atoms with Crippen molar-refractivity contribution < 1.29 is 13.9 Å².